The van der Waals surface area contributed by atoms with Crippen molar-refractivity contribution in [2.45, 2.75) is 58.3 Å². The highest BCUT2D eigenvalue weighted by atomic mass is 32.2. The van der Waals surface area contributed by atoms with Crippen LogP contribution in [0.4, 0.5) is 11.6 Å². The normalized spacial score (nSPS) is 17.2. The lowest BCUT2D eigenvalue weighted by molar-refractivity contribution is 0.288. The van der Waals surface area contributed by atoms with Crippen LogP contribution in [0.15, 0.2) is 30.6 Å². The van der Waals surface area contributed by atoms with Crippen molar-refractivity contribution in [3.05, 3.63) is 41.7 Å². The van der Waals surface area contributed by atoms with Crippen LogP contribution in [0.2, 0.25) is 0 Å². The van der Waals surface area contributed by atoms with Gasteiger partial charge in [0.15, 0.2) is 0 Å². The zero-order valence-electron chi connectivity index (χ0n) is 19.9. The largest absolute Gasteiger partial charge is 0.493 e. The maximum atomic E-state index is 12.1. The quantitative estimate of drug-likeness (QED) is 0.509. The first-order chi connectivity index (χ1) is 16.0. The van der Waals surface area contributed by atoms with E-state index in [2.05, 4.69) is 21.8 Å². The zero-order valence-corrected chi connectivity index (χ0v) is 20.7. The number of piperidine rings is 1. The number of aromatic nitrogens is 2. The predicted molar refractivity (Wildman–Crippen MR) is 133 cm³/mol. The molecule has 0 aliphatic carbocycles. The number of aryl methyl sites for hydroxylation is 1. The summed E-state index contributed by atoms with van der Waals surface area (Å²) < 4.78 is 31.8. The van der Waals surface area contributed by atoms with Crippen LogP contribution in [0.25, 0.3) is 0 Å². The summed E-state index contributed by atoms with van der Waals surface area (Å²) >= 11 is 0. The minimum atomic E-state index is -3.26. The summed E-state index contributed by atoms with van der Waals surface area (Å²) in [6, 6.07) is 5.75. The molecule has 0 unspecified atom stereocenters. The molecule has 7 nitrogen and oxygen atoms in total. The minimum Gasteiger partial charge on any atom is -0.493 e. The molecular formula is C25H36N4O3S. The van der Waals surface area contributed by atoms with Gasteiger partial charge < -0.3 is 9.64 Å². The molecule has 0 bridgehead atoms. The Hall–Kier alpha value is -2.35. The van der Waals surface area contributed by atoms with Gasteiger partial charge in [-0.05, 0) is 68.6 Å². The van der Waals surface area contributed by atoms with E-state index >= 15 is 0 Å². The van der Waals surface area contributed by atoms with Crippen LogP contribution >= 0.6 is 0 Å². The van der Waals surface area contributed by atoms with E-state index in [0.717, 1.165) is 74.1 Å². The van der Waals surface area contributed by atoms with Crippen LogP contribution in [0, 0.1) is 5.92 Å². The molecule has 180 valence electrons. The highest BCUT2D eigenvalue weighted by Crippen LogP contribution is 2.35. The molecule has 2 aliphatic rings. The third-order valence-corrected chi connectivity index (χ3v) is 8.01. The average molecular weight is 473 g/mol. The van der Waals surface area contributed by atoms with E-state index in [4.69, 9.17) is 4.74 Å². The summed E-state index contributed by atoms with van der Waals surface area (Å²) in [5.41, 5.74) is 2.98. The molecule has 2 aliphatic heterocycles. The van der Waals surface area contributed by atoms with Gasteiger partial charge in [-0.25, -0.2) is 18.4 Å². The van der Waals surface area contributed by atoms with Gasteiger partial charge in [0.05, 0.1) is 18.6 Å². The fraction of sp³-hybridized carbons (Fsp3) is 0.600. The van der Waals surface area contributed by atoms with Crippen LogP contribution in [0.5, 0.6) is 5.75 Å². The lowest BCUT2D eigenvalue weighted by Gasteiger charge is -2.32. The third kappa shape index (κ3) is 5.96. The number of rotatable bonds is 9. The highest BCUT2D eigenvalue weighted by Gasteiger charge is 2.26. The average Bonchev–Trinajstić information content (AvgIpc) is 2.83. The number of benzene rings is 1. The Balaban J connectivity index is 1.20. The van der Waals surface area contributed by atoms with Crippen molar-refractivity contribution < 1.29 is 13.2 Å². The van der Waals surface area contributed by atoms with E-state index in [-0.39, 0.29) is 0 Å². The summed E-state index contributed by atoms with van der Waals surface area (Å²) in [5.74, 6) is 2.45. The second kappa shape index (κ2) is 10.7. The third-order valence-electron chi connectivity index (χ3n) is 6.83. The first-order valence-corrected chi connectivity index (χ1v) is 14.1. The smallest absolute Gasteiger partial charge is 0.232 e. The van der Waals surface area contributed by atoms with Gasteiger partial charge in [-0.1, -0.05) is 19.4 Å². The van der Waals surface area contributed by atoms with Crippen LogP contribution in [-0.4, -0.2) is 50.9 Å². The van der Waals surface area contributed by atoms with E-state index in [0.29, 0.717) is 13.2 Å². The Morgan fingerprint density at radius 3 is 2.55 bits per heavy atom. The van der Waals surface area contributed by atoms with Gasteiger partial charge in [-0.3, -0.25) is 4.31 Å². The van der Waals surface area contributed by atoms with Gasteiger partial charge in [0.25, 0.3) is 0 Å². The first kappa shape index (κ1) is 23.8. The molecule has 2 aromatic rings. The SMILES string of the molecule is CCc1cnc(N2CCC(CCCCOc3cccc4c3CCCN4S(C)(=O)=O)CC2)nc1. The molecule has 33 heavy (non-hydrogen) atoms. The molecule has 1 aromatic carbocycles. The van der Waals surface area contributed by atoms with Gasteiger partial charge in [0.1, 0.15) is 5.75 Å². The number of sulfonamides is 1. The zero-order chi connectivity index (χ0) is 23.3. The van der Waals surface area contributed by atoms with Crippen molar-refractivity contribution in [2.75, 3.05) is 41.7 Å². The number of anilines is 2. The summed E-state index contributed by atoms with van der Waals surface area (Å²) in [4.78, 5) is 11.4. The van der Waals surface area contributed by atoms with Crippen molar-refractivity contribution in [3.63, 3.8) is 0 Å². The van der Waals surface area contributed by atoms with Gasteiger partial charge in [0, 0.05) is 37.6 Å². The van der Waals surface area contributed by atoms with Gasteiger partial charge >= 0.3 is 0 Å². The number of nitrogens with zero attached hydrogens (tertiary/aromatic N) is 4. The first-order valence-electron chi connectivity index (χ1n) is 12.2. The molecular weight excluding hydrogens is 436 g/mol. The molecule has 0 spiro atoms. The van der Waals surface area contributed by atoms with Crippen molar-refractivity contribution in [1.29, 1.82) is 0 Å². The van der Waals surface area contributed by atoms with Gasteiger partial charge in [0.2, 0.25) is 16.0 Å². The number of fused-ring (bicyclic) bond motifs is 1. The minimum absolute atomic E-state index is 0.546. The van der Waals surface area contributed by atoms with Gasteiger partial charge in [-0.2, -0.15) is 0 Å². The molecule has 0 atom stereocenters. The molecule has 1 saturated heterocycles. The Morgan fingerprint density at radius 2 is 1.85 bits per heavy atom. The van der Waals surface area contributed by atoms with Crippen LogP contribution in [0.1, 0.15) is 56.6 Å². The maximum absolute atomic E-state index is 12.1. The fourth-order valence-electron chi connectivity index (χ4n) is 4.87. The summed E-state index contributed by atoms with van der Waals surface area (Å²) in [6.45, 7) is 5.39. The monoisotopic (exact) mass is 472 g/mol. The van der Waals surface area contributed by atoms with Crippen molar-refractivity contribution in [3.8, 4) is 5.75 Å². The van der Waals surface area contributed by atoms with Crippen molar-refractivity contribution >= 4 is 21.7 Å². The molecule has 1 aromatic heterocycles. The van der Waals surface area contributed by atoms with E-state index in [1.54, 1.807) is 0 Å². The number of ether oxygens (including phenoxy) is 1. The molecule has 0 saturated carbocycles. The molecule has 1 fully saturated rings. The fourth-order valence-corrected chi connectivity index (χ4v) is 5.86. The Bertz CT molecular complexity index is 1020. The molecule has 0 N–H and O–H groups in total. The van der Waals surface area contributed by atoms with E-state index in [9.17, 15) is 8.42 Å². The number of unbranched alkanes of at least 4 members (excludes halogenated alkanes) is 1. The Morgan fingerprint density at radius 1 is 1.09 bits per heavy atom. The topological polar surface area (TPSA) is 75.6 Å². The Labute approximate surface area is 198 Å². The second-order valence-electron chi connectivity index (χ2n) is 9.21. The number of hydrogen-bond acceptors (Lipinski definition) is 6. The summed E-state index contributed by atoms with van der Waals surface area (Å²) in [6.07, 6.45) is 13.6. The number of hydrogen-bond donors (Lipinski definition) is 0. The van der Waals surface area contributed by atoms with Gasteiger partial charge in [-0.15, -0.1) is 0 Å². The van der Waals surface area contributed by atoms with E-state index < -0.39 is 10.0 Å². The van der Waals surface area contributed by atoms with Crippen molar-refractivity contribution in [2.24, 2.45) is 5.92 Å². The molecule has 8 heteroatoms. The Kier molecular flexibility index (Phi) is 7.73. The lowest BCUT2D eigenvalue weighted by Crippen LogP contribution is -2.34. The maximum Gasteiger partial charge on any atom is 0.232 e. The second-order valence-corrected chi connectivity index (χ2v) is 11.1. The van der Waals surface area contributed by atoms with Crippen molar-refractivity contribution in [1.82, 2.24) is 9.97 Å². The molecule has 0 radical (unpaired) electrons. The molecule has 3 heterocycles. The summed E-state index contributed by atoms with van der Waals surface area (Å²) in [5, 5.41) is 0. The summed E-state index contributed by atoms with van der Waals surface area (Å²) in [7, 11) is -3.26. The van der Waals surface area contributed by atoms with E-state index in [1.807, 2.05) is 30.6 Å². The standard InChI is InChI=1S/C25H36N4O3S/c1-3-20-18-26-25(27-19-20)28-15-12-21(13-16-28)8-4-5-17-32-24-11-6-10-23-22(24)9-7-14-29(23)33(2,30)31/h6,10-11,18-19,21H,3-5,7-9,12-17H2,1-2H3. The van der Waals surface area contributed by atoms with Crippen LogP contribution in [-0.2, 0) is 22.9 Å². The highest BCUT2D eigenvalue weighted by molar-refractivity contribution is 7.92. The van der Waals surface area contributed by atoms with Crippen LogP contribution in [0.3, 0.4) is 0 Å². The lowest BCUT2D eigenvalue weighted by atomic mass is 9.92. The van der Waals surface area contributed by atoms with E-state index in [1.165, 1.54) is 35.4 Å². The predicted octanol–water partition coefficient (Wildman–Crippen LogP) is 4.22. The van der Waals surface area contributed by atoms with Crippen LogP contribution < -0.4 is 13.9 Å². The molecule has 4 rings (SSSR count). The molecule has 0 amide bonds.